The minimum Gasteiger partial charge on any atom is -0.452 e. The molecule has 0 atom stereocenters. The summed E-state index contributed by atoms with van der Waals surface area (Å²) in [6.07, 6.45) is 2.54. The van der Waals surface area contributed by atoms with Gasteiger partial charge in [-0.3, -0.25) is 14.9 Å². The lowest BCUT2D eigenvalue weighted by molar-refractivity contribution is -0.384. The number of non-ortho nitro benzene ring substituents is 1. The molecule has 0 saturated carbocycles. The van der Waals surface area contributed by atoms with Crippen molar-refractivity contribution in [3.05, 3.63) is 57.8 Å². The molecule has 0 aliphatic carbocycles. The number of esters is 1. The number of anilines is 1. The van der Waals surface area contributed by atoms with Gasteiger partial charge in [0.15, 0.2) is 12.4 Å². The van der Waals surface area contributed by atoms with Crippen LogP contribution in [0.3, 0.4) is 0 Å². The van der Waals surface area contributed by atoms with E-state index in [1.165, 1.54) is 36.4 Å². The minimum atomic E-state index is -0.722. The molecule has 1 heterocycles. The molecule has 0 radical (unpaired) electrons. The number of amides is 1. The number of nitro groups is 1. The first-order valence-electron chi connectivity index (χ1n) is 6.76. The van der Waals surface area contributed by atoms with Crippen LogP contribution in [-0.4, -0.2) is 28.6 Å². The zero-order chi connectivity index (χ0) is 17.5. The number of aromatic nitrogens is 1. The van der Waals surface area contributed by atoms with E-state index in [1.54, 1.807) is 6.92 Å². The third-order valence-electron chi connectivity index (χ3n) is 2.76. The van der Waals surface area contributed by atoms with Gasteiger partial charge in [-0.15, -0.1) is 0 Å². The SMILES string of the molecule is Cc1cc(NC(=O)COC(=O)/C=C/c2ccc([N+](=O)[O-])cc2)no1. The summed E-state index contributed by atoms with van der Waals surface area (Å²) in [7, 11) is 0. The van der Waals surface area contributed by atoms with Crippen molar-refractivity contribution < 1.29 is 23.8 Å². The van der Waals surface area contributed by atoms with Crippen LogP contribution in [0.5, 0.6) is 0 Å². The summed E-state index contributed by atoms with van der Waals surface area (Å²) in [6, 6.07) is 7.13. The average molecular weight is 331 g/mol. The second-order valence-electron chi connectivity index (χ2n) is 4.66. The van der Waals surface area contributed by atoms with Crippen molar-refractivity contribution in [1.82, 2.24) is 5.16 Å². The summed E-state index contributed by atoms with van der Waals surface area (Å²) in [5.41, 5.74) is 0.537. The molecule has 24 heavy (non-hydrogen) atoms. The molecule has 1 aromatic carbocycles. The Morgan fingerprint density at radius 2 is 2.08 bits per heavy atom. The van der Waals surface area contributed by atoms with E-state index in [1.807, 2.05) is 0 Å². The second-order valence-corrected chi connectivity index (χ2v) is 4.66. The number of carbonyl (C=O) groups excluding carboxylic acids is 2. The summed E-state index contributed by atoms with van der Waals surface area (Å²) in [5, 5.41) is 16.5. The Hall–Kier alpha value is -3.49. The second kappa shape index (κ2) is 7.68. The zero-order valence-corrected chi connectivity index (χ0v) is 12.6. The number of rotatable bonds is 6. The highest BCUT2D eigenvalue weighted by molar-refractivity contribution is 5.94. The third-order valence-corrected chi connectivity index (χ3v) is 2.76. The summed E-state index contributed by atoms with van der Waals surface area (Å²) in [5.74, 6) is -0.511. The molecule has 9 nitrogen and oxygen atoms in total. The lowest BCUT2D eigenvalue weighted by Gasteiger charge is -2.01. The number of aryl methyl sites for hydroxylation is 1. The van der Waals surface area contributed by atoms with E-state index >= 15 is 0 Å². The van der Waals surface area contributed by atoms with Crippen molar-refractivity contribution in [3.8, 4) is 0 Å². The van der Waals surface area contributed by atoms with E-state index in [-0.39, 0.29) is 11.5 Å². The Morgan fingerprint density at radius 3 is 2.67 bits per heavy atom. The number of benzene rings is 1. The van der Waals surface area contributed by atoms with Gasteiger partial charge in [0.2, 0.25) is 0 Å². The average Bonchev–Trinajstić information content (AvgIpc) is 2.96. The monoisotopic (exact) mass is 331 g/mol. The summed E-state index contributed by atoms with van der Waals surface area (Å²) < 4.78 is 9.54. The maximum Gasteiger partial charge on any atom is 0.331 e. The number of hydrogen-bond acceptors (Lipinski definition) is 7. The quantitative estimate of drug-likeness (QED) is 0.372. The maximum atomic E-state index is 11.5. The fraction of sp³-hybridized carbons (Fsp3) is 0.133. The van der Waals surface area contributed by atoms with Gasteiger partial charge < -0.3 is 14.6 Å². The molecule has 2 rings (SSSR count). The smallest absolute Gasteiger partial charge is 0.331 e. The molecular formula is C15H13N3O6. The molecule has 0 fully saturated rings. The first-order valence-corrected chi connectivity index (χ1v) is 6.76. The number of nitro benzene ring substituents is 1. The topological polar surface area (TPSA) is 125 Å². The van der Waals surface area contributed by atoms with Crippen LogP contribution >= 0.6 is 0 Å². The summed E-state index contributed by atoms with van der Waals surface area (Å²) in [6.45, 7) is 1.20. The van der Waals surface area contributed by atoms with Gasteiger partial charge in [-0.2, -0.15) is 0 Å². The largest absolute Gasteiger partial charge is 0.452 e. The molecule has 0 bridgehead atoms. The normalized spacial score (nSPS) is 10.5. The van der Waals surface area contributed by atoms with Gasteiger partial charge in [-0.25, -0.2) is 4.79 Å². The van der Waals surface area contributed by atoms with Gasteiger partial charge in [0.25, 0.3) is 11.6 Å². The Morgan fingerprint density at radius 1 is 1.38 bits per heavy atom. The Labute approximate surface area is 136 Å². The van der Waals surface area contributed by atoms with Crippen molar-refractivity contribution in [3.63, 3.8) is 0 Å². The van der Waals surface area contributed by atoms with Crippen molar-refractivity contribution >= 4 is 29.5 Å². The molecule has 2 aromatic rings. The van der Waals surface area contributed by atoms with E-state index in [9.17, 15) is 19.7 Å². The van der Waals surface area contributed by atoms with E-state index in [0.717, 1.165) is 6.08 Å². The van der Waals surface area contributed by atoms with E-state index in [2.05, 4.69) is 10.5 Å². The summed E-state index contributed by atoms with van der Waals surface area (Å²) >= 11 is 0. The van der Waals surface area contributed by atoms with Crippen LogP contribution in [-0.2, 0) is 14.3 Å². The van der Waals surface area contributed by atoms with Crippen LogP contribution in [0.4, 0.5) is 11.5 Å². The van der Waals surface area contributed by atoms with Crippen LogP contribution in [0.2, 0.25) is 0 Å². The standard InChI is InChI=1S/C15H13N3O6/c1-10-8-13(17-24-10)16-14(19)9-23-15(20)7-4-11-2-5-12(6-3-11)18(21)22/h2-8H,9H2,1H3,(H,16,17,19)/b7-4+. The zero-order valence-electron chi connectivity index (χ0n) is 12.6. The predicted octanol–water partition coefficient (Wildman–Crippen LogP) is 2.09. The van der Waals surface area contributed by atoms with Crippen LogP contribution in [0.15, 0.2) is 40.9 Å². The number of nitrogens with zero attached hydrogens (tertiary/aromatic N) is 2. The number of carbonyl (C=O) groups is 2. The molecule has 0 aliphatic heterocycles. The molecular weight excluding hydrogens is 318 g/mol. The molecule has 124 valence electrons. The maximum absolute atomic E-state index is 11.5. The molecule has 0 unspecified atom stereocenters. The van der Waals surface area contributed by atoms with Crippen molar-refractivity contribution in [2.24, 2.45) is 0 Å². The van der Waals surface area contributed by atoms with Crippen molar-refractivity contribution in [2.75, 3.05) is 11.9 Å². The highest BCUT2D eigenvalue weighted by Crippen LogP contribution is 2.12. The molecule has 0 spiro atoms. The highest BCUT2D eigenvalue weighted by atomic mass is 16.6. The van der Waals surface area contributed by atoms with Gasteiger partial charge in [0, 0.05) is 24.3 Å². The highest BCUT2D eigenvalue weighted by Gasteiger charge is 2.08. The molecule has 1 N–H and O–H groups in total. The van der Waals surface area contributed by atoms with Gasteiger partial charge in [-0.1, -0.05) is 5.16 Å². The molecule has 9 heteroatoms. The van der Waals surface area contributed by atoms with Crippen molar-refractivity contribution in [2.45, 2.75) is 6.92 Å². The van der Waals surface area contributed by atoms with E-state index < -0.39 is 23.4 Å². The Bertz CT molecular complexity index is 779. The Kier molecular flexibility index (Phi) is 5.40. The van der Waals surface area contributed by atoms with Gasteiger partial charge in [0.1, 0.15) is 5.76 Å². The first-order chi connectivity index (χ1) is 11.4. The Balaban J connectivity index is 1.79. The fourth-order valence-electron chi connectivity index (χ4n) is 1.66. The lowest BCUT2D eigenvalue weighted by Crippen LogP contribution is -2.20. The summed E-state index contributed by atoms with van der Waals surface area (Å²) in [4.78, 5) is 33.1. The lowest BCUT2D eigenvalue weighted by atomic mass is 10.2. The van der Waals surface area contributed by atoms with Crippen LogP contribution < -0.4 is 5.32 Å². The number of nitrogens with one attached hydrogen (secondary N) is 1. The van der Waals surface area contributed by atoms with Crippen LogP contribution in [0.25, 0.3) is 6.08 Å². The molecule has 0 aliphatic rings. The number of hydrogen-bond donors (Lipinski definition) is 1. The molecule has 1 amide bonds. The van der Waals surface area contributed by atoms with Gasteiger partial charge in [-0.05, 0) is 30.7 Å². The predicted molar refractivity (Wildman–Crippen MR) is 83.0 cm³/mol. The molecule has 0 saturated heterocycles. The third kappa shape index (κ3) is 5.05. The minimum absolute atomic E-state index is 0.0468. The van der Waals surface area contributed by atoms with Crippen LogP contribution in [0.1, 0.15) is 11.3 Å². The number of ether oxygens (including phenoxy) is 1. The van der Waals surface area contributed by atoms with E-state index in [0.29, 0.717) is 11.3 Å². The fourth-order valence-corrected chi connectivity index (χ4v) is 1.66. The van der Waals surface area contributed by atoms with Gasteiger partial charge in [0.05, 0.1) is 4.92 Å². The van der Waals surface area contributed by atoms with Crippen molar-refractivity contribution in [1.29, 1.82) is 0 Å². The van der Waals surface area contributed by atoms with E-state index in [4.69, 9.17) is 9.26 Å². The van der Waals surface area contributed by atoms with Crippen LogP contribution in [0, 0.1) is 17.0 Å². The molecule has 1 aromatic heterocycles. The first kappa shape index (κ1) is 16.9. The van der Waals surface area contributed by atoms with Gasteiger partial charge >= 0.3 is 5.97 Å².